The van der Waals surface area contributed by atoms with Crippen LogP contribution in [0.15, 0.2) is 36.4 Å². The molecule has 0 fully saturated rings. The maximum absolute atomic E-state index is 13.4. The van der Waals surface area contributed by atoms with E-state index in [-0.39, 0.29) is 5.56 Å². The monoisotopic (exact) mass is 223 g/mol. The lowest BCUT2D eigenvalue weighted by molar-refractivity contribution is 0.548. The molecule has 2 aromatic carbocycles. The predicted molar refractivity (Wildman–Crippen MR) is 56.2 cm³/mol. The molecule has 0 amide bonds. The van der Waals surface area contributed by atoms with Gasteiger partial charge in [-0.25, -0.2) is 13.2 Å². The number of anilines is 1. The zero-order valence-electron chi connectivity index (χ0n) is 8.18. The first kappa shape index (κ1) is 10.5. The molecule has 0 aromatic heterocycles. The van der Waals surface area contributed by atoms with Gasteiger partial charge in [0.15, 0.2) is 0 Å². The standard InChI is InChI=1S/C12H8F3N/c13-8-5-10(14)12(11(15)6-8)7-1-3-9(16)4-2-7/h1-6H,16H2. The lowest BCUT2D eigenvalue weighted by atomic mass is 10.0. The van der Waals surface area contributed by atoms with Crippen molar-refractivity contribution in [2.24, 2.45) is 0 Å². The molecule has 2 rings (SSSR count). The van der Waals surface area contributed by atoms with E-state index in [1.807, 2.05) is 0 Å². The van der Waals surface area contributed by atoms with E-state index in [9.17, 15) is 13.2 Å². The van der Waals surface area contributed by atoms with Crippen molar-refractivity contribution in [3.8, 4) is 11.1 Å². The van der Waals surface area contributed by atoms with Crippen molar-refractivity contribution in [2.75, 3.05) is 5.73 Å². The van der Waals surface area contributed by atoms with Gasteiger partial charge < -0.3 is 5.73 Å². The molecule has 2 N–H and O–H groups in total. The Balaban J connectivity index is 2.60. The highest BCUT2D eigenvalue weighted by atomic mass is 19.1. The van der Waals surface area contributed by atoms with Crippen LogP contribution in [0.4, 0.5) is 18.9 Å². The van der Waals surface area contributed by atoms with Crippen molar-refractivity contribution in [3.63, 3.8) is 0 Å². The summed E-state index contributed by atoms with van der Waals surface area (Å²) in [6, 6.07) is 7.31. The van der Waals surface area contributed by atoms with Gasteiger partial charge >= 0.3 is 0 Å². The van der Waals surface area contributed by atoms with E-state index in [0.717, 1.165) is 0 Å². The van der Waals surface area contributed by atoms with E-state index >= 15 is 0 Å². The smallest absolute Gasteiger partial charge is 0.136 e. The largest absolute Gasteiger partial charge is 0.399 e. The highest BCUT2D eigenvalue weighted by Crippen LogP contribution is 2.27. The third kappa shape index (κ3) is 1.86. The number of nitrogen functional groups attached to an aromatic ring is 1. The van der Waals surface area contributed by atoms with Crippen LogP contribution in [0.25, 0.3) is 11.1 Å². The lowest BCUT2D eigenvalue weighted by Gasteiger charge is -2.05. The zero-order valence-corrected chi connectivity index (χ0v) is 8.18. The van der Waals surface area contributed by atoms with Gasteiger partial charge in [-0.05, 0) is 17.7 Å². The molecule has 0 spiro atoms. The molecule has 0 saturated heterocycles. The van der Waals surface area contributed by atoms with E-state index in [1.54, 1.807) is 0 Å². The van der Waals surface area contributed by atoms with Crippen LogP contribution in [-0.2, 0) is 0 Å². The molecule has 2 aromatic rings. The summed E-state index contributed by atoms with van der Waals surface area (Å²) in [4.78, 5) is 0. The number of hydrogen-bond acceptors (Lipinski definition) is 1. The minimum atomic E-state index is -0.936. The van der Waals surface area contributed by atoms with Crippen LogP contribution in [0.1, 0.15) is 0 Å². The van der Waals surface area contributed by atoms with Gasteiger partial charge in [0.05, 0.1) is 5.56 Å². The Bertz CT molecular complexity index is 497. The Morgan fingerprint density at radius 1 is 0.812 bits per heavy atom. The second kappa shape index (κ2) is 3.89. The summed E-state index contributed by atoms with van der Waals surface area (Å²) in [6.07, 6.45) is 0. The number of nitrogens with two attached hydrogens (primary N) is 1. The fraction of sp³-hybridized carbons (Fsp3) is 0. The molecule has 0 radical (unpaired) electrons. The van der Waals surface area contributed by atoms with E-state index in [1.165, 1.54) is 24.3 Å². The first-order valence-electron chi connectivity index (χ1n) is 4.58. The molecule has 16 heavy (non-hydrogen) atoms. The predicted octanol–water partition coefficient (Wildman–Crippen LogP) is 3.35. The van der Waals surface area contributed by atoms with Crippen LogP contribution in [0.3, 0.4) is 0 Å². The van der Waals surface area contributed by atoms with E-state index < -0.39 is 17.5 Å². The fourth-order valence-corrected chi connectivity index (χ4v) is 1.47. The van der Waals surface area contributed by atoms with Crippen LogP contribution in [0.2, 0.25) is 0 Å². The molecule has 0 saturated carbocycles. The number of halogens is 3. The Labute approximate surface area is 90.3 Å². The van der Waals surface area contributed by atoms with Crippen LogP contribution in [-0.4, -0.2) is 0 Å². The third-order valence-electron chi connectivity index (χ3n) is 2.21. The average molecular weight is 223 g/mol. The van der Waals surface area contributed by atoms with Gasteiger partial charge in [0.25, 0.3) is 0 Å². The third-order valence-corrected chi connectivity index (χ3v) is 2.21. The Kier molecular flexibility index (Phi) is 2.56. The van der Waals surface area contributed by atoms with Crippen molar-refractivity contribution >= 4 is 5.69 Å². The summed E-state index contributed by atoms with van der Waals surface area (Å²) in [7, 11) is 0. The quantitative estimate of drug-likeness (QED) is 0.737. The molecule has 0 aliphatic rings. The normalized spacial score (nSPS) is 10.4. The van der Waals surface area contributed by atoms with Gasteiger partial charge in [0.1, 0.15) is 17.5 Å². The van der Waals surface area contributed by atoms with Crippen molar-refractivity contribution in [2.45, 2.75) is 0 Å². The van der Waals surface area contributed by atoms with Gasteiger partial charge in [-0.1, -0.05) is 12.1 Å². The first-order chi connectivity index (χ1) is 7.58. The SMILES string of the molecule is Nc1ccc(-c2c(F)cc(F)cc2F)cc1. The molecule has 4 heteroatoms. The molecule has 0 bridgehead atoms. The number of benzene rings is 2. The molecule has 0 unspecified atom stereocenters. The molecular weight excluding hydrogens is 215 g/mol. The number of rotatable bonds is 1. The van der Waals surface area contributed by atoms with Gasteiger partial charge in [0, 0.05) is 17.8 Å². The van der Waals surface area contributed by atoms with Crippen molar-refractivity contribution in [1.82, 2.24) is 0 Å². The summed E-state index contributed by atoms with van der Waals surface area (Å²) >= 11 is 0. The second-order valence-corrected chi connectivity index (χ2v) is 3.37. The van der Waals surface area contributed by atoms with Gasteiger partial charge in [0.2, 0.25) is 0 Å². The van der Waals surface area contributed by atoms with Gasteiger partial charge in [-0.15, -0.1) is 0 Å². The van der Waals surface area contributed by atoms with Crippen molar-refractivity contribution < 1.29 is 13.2 Å². The minimum Gasteiger partial charge on any atom is -0.399 e. The Morgan fingerprint density at radius 2 is 1.31 bits per heavy atom. The average Bonchev–Trinajstić information content (AvgIpc) is 2.19. The van der Waals surface area contributed by atoms with Gasteiger partial charge in [-0.3, -0.25) is 0 Å². The zero-order chi connectivity index (χ0) is 11.7. The summed E-state index contributed by atoms with van der Waals surface area (Å²) in [5.74, 6) is -2.79. The Morgan fingerprint density at radius 3 is 1.81 bits per heavy atom. The van der Waals surface area contributed by atoms with Crippen LogP contribution < -0.4 is 5.73 Å². The maximum atomic E-state index is 13.4. The molecule has 1 nitrogen and oxygen atoms in total. The summed E-state index contributed by atoms with van der Waals surface area (Å²) < 4.78 is 39.5. The van der Waals surface area contributed by atoms with Gasteiger partial charge in [-0.2, -0.15) is 0 Å². The summed E-state index contributed by atoms with van der Waals surface area (Å²) in [5, 5.41) is 0. The fourth-order valence-electron chi connectivity index (χ4n) is 1.47. The summed E-state index contributed by atoms with van der Waals surface area (Å²) in [5.41, 5.74) is 6.02. The highest BCUT2D eigenvalue weighted by Gasteiger charge is 2.12. The molecule has 0 atom stereocenters. The minimum absolute atomic E-state index is 0.249. The maximum Gasteiger partial charge on any atom is 0.136 e. The Hall–Kier alpha value is -1.97. The van der Waals surface area contributed by atoms with Crippen LogP contribution in [0.5, 0.6) is 0 Å². The molecule has 82 valence electrons. The summed E-state index contributed by atoms with van der Waals surface area (Å²) in [6.45, 7) is 0. The first-order valence-corrected chi connectivity index (χ1v) is 4.58. The molecular formula is C12H8F3N. The molecule has 0 heterocycles. The van der Waals surface area contributed by atoms with E-state index in [2.05, 4.69) is 0 Å². The second-order valence-electron chi connectivity index (χ2n) is 3.37. The van der Waals surface area contributed by atoms with Crippen LogP contribution >= 0.6 is 0 Å². The topological polar surface area (TPSA) is 26.0 Å². The van der Waals surface area contributed by atoms with Crippen molar-refractivity contribution in [3.05, 3.63) is 53.8 Å². The van der Waals surface area contributed by atoms with Crippen molar-refractivity contribution in [1.29, 1.82) is 0 Å². The molecule has 0 aliphatic heterocycles. The van der Waals surface area contributed by atoms with Crippen LogP contribution in [0, 0.1) is 17.5 Å². The van der Waals surface area contributed by atoms with E-state index in [0.29, 0.717) is 23.4 Å². The number of hydrogen-bond donors (Lipinski definition) is 1. The lowest BCUT2D eigenvalue weighted by Crippen LogP contribution is -1.93. The molecule has 0 aliphatic carbocycles. The highest BCUT2D eigenvalue weighted by molar-refractivity contribution is 5.66. The van der Waals surface area contributed by atoms with E-state index in [4.69, 9.17) is 5.73 Å².